The number of nitrogens with zero attached hydrogens (tertiary/aromatic N) is 1. The number of nitrogens with two attached hydrogens (primary N) is 1. The second kappa shape index (κ2) is 6.33. The first-order valence-corrected chi connectivity index (χ1v) is 7.41. The van der Waals surface area contributed by atoms with Crippen molar-refractivity contribution in [2.45, 2.75) is 45.3 Å². The maximum atomic E-state index is 6.52. The van der Waals surface area contributed by atoms with Gasteiger partial charge in [0.05, 0.1) is 17.2 Å². The minimum atomic E-state index is -0.294. The van der Waals surface area contributed by atoms with Crippen LogP contribution in [0.2, 0.25) is 0 Å². The van der Waals surface area contributed by atoms with Crippen molar-refractivity contribution in [3.8, 4) is 0 Å². The van der Waals surface area contributed by atoms with Crippen LogP contribution in [0, 0.1) is 0 Å². The van der Waals surface area contributed by atoms with E-state index in [4.69, 9.17) is 10.5 Å². The average molecular weight is 272 g/mol. The number of hydrogen-bond acceptors (Lipinski definition) is 3. The maximum absolute atomic E-state index is 6.52. The predicted octanol–water partition coefficient (Wildman–Crippen LogP) is 3.83. The fraction of sp³-hybridized carbons (Fsp3) is 0.471. The van der Waals surface area contributed by atoms with Crippen LogP contribution in [0.4, 0.5) is 0 Å². The summed E-state index contributed by atoms with van der Waals surface area (Å²) in [6.07, 6.45) is 3.62. The lowest BCUT2D eigenvalue weighted by Gasteiger charge is -2.37. The summed E-state index contributed by atoms with van der Waals surface area (Å²) < 4.78 is 6.01. The zero-order valence-corrected chi connectivity index (χ0v) is 12.6. The quantitative estimate of drug-likeness (QED) is 0.869. The zero-order chi connectivity index (χ0) is 14.6. The molecule has 108 valence electrons. The number of rotatable bonds is 6. The number of pyridine rings is 1. The van der Waals surface area contributed by atoms with Gasteiger partial charge in [0.1, 0.15) is 0 Å². The van der Waals surface area contributed by atoms with E-state index in [9.17, 15) is 0 Å². The van der Waals surface area contributed by atoms with Crippen LogP contribution in [0.1, 0.15) is 45.2 Å². The van der Waals surface area contributed by atoms with Gasteiger partial charge in [-0.3, -0.25) is 4.98 Å². The molecular weight excluding hydrogens is 248 g/mol. The molecule has 0 saturated heterocycles. The minimum Gasteiger partial charge on any atom is -0.373 e. The van der Waals surface area contributed by atoms with Gasteiger partial charge in [0.15, 0.2) is 0 Å². The molecule has 0 bridgehead atoms. The third-order valence-electron chi connectivity index (χ3n) is 4.18. The summed E-state index contributed by atoms with van der Waals surface area (Å²) in [5.74, 6) is 0. The first-order valence-electron chi connectivity index (χ1n) is 7.41. The molecule has 20 heavy (non-hydrogen) atoms. The molecule has 1 aromatic heterocycles. The van der Waals surface area contributed by atoms with E-state index in [1.807, 2.05) is 19.2 Å². The van der Waals surface area contributed by atoms with Crippen LogP contribution in [0.3, 0.4) is 0 Å². The van der Waals surface area contributed by atoms with Crippen molar-refractivity contribution in [1.82, 2.24) is 4.98 Å². The Bertz CT molecular complexity index is 564. The van der Waals surface area contributed by atoms with Crippen molar-refractivity contribution < 1.29 is 4.74 Å². The fourth-order valence-corrected chi connectivity index (χ4v) is 2.85. The fourth-order valence-electron chi connectivity index (χ4n) is 2.85. The topological polar surface area (TPSA) is 48.1 Å². The minimum absolute atomic E-state index is 0.135. The molecule has 1 heterocycles. The van der Waals surface area contributed by atoms with Crippen LogP contribution in [0.25, 0.3) is 10.9 Å². The first kappa shape index (κ1) is 14.9. The van der Waals surface area contributed by atoms with Crippen molar-refractivity contribution in [3.05, 3.63) is 42.1 Å². The molecule has 2 N–H and O–H groups in total. The van der Waals surface area contributed by atoms with E-state index < -0.39 is 0 Å². The highest BCUT2D eigenvalue weighted by molar-refractivity contribution is 5.79. The van der Waals surface area contributed by atoms with Gasteiger partial charge in [0.2, 0.25) is 0 Å². The van der Waals surface area contributed by atoms with Crippen LogP contribution >= 0.6 is 0 Å². The number of aromatic nitrogens is 1. The van der Waals surface area contributed by atoms with Gasteiger partial charge in [0, 0.05) is 18.2 Å². The third kappa shape index (κ3) is 2.69. The lowest BCUT2D eigenvalue weighted by atomic mass is 9.84. The highest BCUT2D eigenvalue weighted by atomic mass is 16.5. The van der Waals surface area contributed by atoms with Crippen LogP contribution < -0.4 is 5.73 Å². The molecule has 1 atom stereocenters. The van der Waals surface area contributed by atoms with E-state index >= 15 is 0 Å². The normalized spacial score (nSPS) is 13.6. The Hall–Kier alpha value is -1.45. The molecule has 0 aliphatic heterocycles. The molecule has 0 fully saturated rings. The molecule has 0 aliphatic carbocycles. The lowest BCUT2D eigenvalue weighted by Crippen LogP contribution is -2.43. The Balaban J connectivity index is 2.40. The monoisotopic (exact) mass is 272 g/mol. The molecule has 0 amide bonds. The van der Waals surface area contributed by atoms with E-state index in [2.05, 4.69) is 43.1 Å². The molecule has 3 nitrogen and oxygen atoms in total. The summed E-state index contributed by atoms with van der Waals surface area (Å²) >= 11 is 0. The van der Waals surface area contributed by atoms with Gasteiger partial charge < -0.3 is 10.5 Å². The Morgan fingerprint density at radius 1 is 1.20 bits per heavy atom. The Kier molecular flexibility index (Phi) is 4.73. The number of benzene rings is 1. The summed E-state index contributed by atoms with van der Waals surface area (Å²) in [5, 5.41) is 1.14. The van der Waals surface area contributed by atoms with Crippen molar-refractivity contribution in [2.75, 3.05) is 6.61 Å². The molecule has 1 unspecified atom stereocenters. The summed E-state index contributed by atoms with van der Waals surface area (Å²) in [4.78, 5) is 4.41. The van der Waals surface area contributed by atoms with Crippen LogP contribution in [-0.2, 0) is 4.74 Å². The van der Waals surface area contributed by atoms with Gasteiger partial charge in [-0.05, 0) is 37.5 Å². The average Bonchev–Trinajstić information content (AvgIpc) is 2.51. The van der Waals surface area contributed by atoms with Gasteiger partial charge in [-0.1, -0.05) is 32.0 Å². The largest absolute Gasteiger partial charge is 0.373 e. The summed E-state index contributed by atoms with van der Waals surface area (Å²) in [6, 6.07) is 10.1. The molecule has 0 aliphatic rings. The van der Waals surface area contributed by atoms with Crippen LogP contribution in [-0.4, -0.2) is 17.2 Å². The lowest BCUT2D eigenvalue weighted by molar-refractivity contribution is -0.0645. The summed E-state index contributed by atoms with van der Waals surface area (Å²) in [7, 11) is 0. The molecule has 0 radical (unpaired) electrons. The standard InChI is InChI=1S/C17H24N2O/c1-4-17(5-2,20-6-3)16(18)14-10-9-13-8-7-11-19-15(13)12-14/h7-12,16H,4-6,18H2,1-3H3. The summed E-state index contributed by atoms with van der Waals surface area (Å²) in [5.41, 5.74) is 8.30. The van der Waals surface area contributed by atoms with Crippen molar-refractivity contribution in [1.29, 1.82) is 0 Å². The third-order valence-corrected chi connectivity index (χ3v) is 4.18. The molecular formula is C17H24N2O. The Morgan fingerprint density at radius 3 is 2.60 bits per heavy atom. The van der Waals surface area contributed by atoms with E-state index in [0.717, 1.165) is 29.3 Å². The van der Waals surface area contributed by atoms with Gasteiger partial charge in [-0.25, -0.2) is 0 Å². The molecule has 1 aromatic carbocycles. The van der Waals surface area contributed by atoms with Crippen LogP contribution in [0.5, 0.6) is 0 Å². The molecule has 2 rings (SSSR count). The van der Waals surface area contributed by atoms with Gasteiger partial charge >= 0.3 is 0 Å². The second-order valence-electron chi connectivity index (χ2n) is 5.14. The molecule has 2 aromatic rings. The first-order chi connectivity index (χ1) is 9.66. The smallest absolute Gasteiger partial charge is 0.0868 e. The Labute approximate surface area is 121 Å². The predicted molar refractivity (Wildman–Crippen MR) is 83.6 cm³/mol. The highest BCUT2D eigenvalue weighted by Gasteiger charge is 2.35. The maximum Gasteiger partial charge on any atom is 0.0868 e. The summed E-state index contributed by atoms with van der Waals surface area (Å²) in [6.45, 7) is 6.98. The van der Waals surface area contributed by atoms with E-state index in [1.54, 1.807) is 0 Å². The van der Waals surface area contributed by atoms with Gasteiger partial charge in [-0.15, -0.1) is 0 Å². The van der Waals surface area contributed by atoms with E-state index in [0.29, 0.717) is 6.61 Å². The molecule has 3 heteroatoms. The van der Waals surface area contributed by atoms with Crippen molar-refractivity contribution in [2.24, 2.45) is 5.73 Å². The van der Waals surface area contributed by atoms with Crippen LogP contribution in [0.15, 0.2) is 36.5 Å². The molecule has 0 spiro atoms. The number of fused-ring (bicyclic) bond motifs is 1. The zero-order valence-electron chi connectivity index (χ0n) is 12.6. The number of hydrogen-bond donors (Lipinski definition) is 1. The molecule has 0 saturated carbocycles. The van der Waals surface area contributed by atoms with Crippen molar-refractivity contribution >= 4 is 10.9 Å². The Morgan fingerprint density at radius 2 is 1.95 bits per heavy atom. The number of ether oxygens (including phenoxy) is 1. The van der Waals surface area contributed by atoms with Gasteiger partial charge in [-0.2, -0.15) is 0 Å². The highest BCUT2D eigenvalue weighted by Crippen LogP contribution is 2.34. The van der Waals surface area contributed by atoms with E-state index in [1.165, 1.54) is 0 Å². The SMILES string of the molecule is CCOC(CC)(CC)C(N)c1ccc2cccnc2c1. The van der Waals surface area contributed by atoms with Crippen molar-refractivity contribution in [3.63, 3.8) is 0 Å². The van der Waals surface area contributed by atoms with E-state index in [-0.39, 0.29) is 11.6 Å². The van der Waals surface area contributed by atoms with Gasteiger partial charge in [0.25, 0.3) is 0 Å². The second-order valence-corrected chi connectivity index (χ2v) is 5.14.